The first-order valence-electron chi connectivity index (χ1n) is 7.94. The number of nitrogens with one attached hydrogen (secondary N) is 1. The first-order valence-corrected chi connectivity index (χ1v) is 9.38. The molecule has 0 radical (unpaired) electrons. The van der Waals surface area contributed by atoms with Gasteiger partial charge in [0.25, 0.3) is 5.91 Å². The molecule has 1 aromatic carbocycles. The Kier molecular flexibility index (Phi) is 6.15. The third-order valence-electron chi connectivity index (χ3n) is 3.82. The van der Waals surface area contributed by atoms with Gasteiger partial charge < -0.3 is 10.1 Å². The first-order chi connectivity index (χ1) is 10.9. The quantitative estimate of drug-likeness (QED) is 0.854. The average molecular weight is 340 g/mol. The Morgan fingerprint density at radius 3 is 2.43 bits per heavy atom. The molecule has 1 aliphatic rings. The third-order valence-corrected chi connectivity index (χ3v) is 5.74. The summed E-state index contributed by atoms with van der Waals surface area (Å²) in [6.07, 6.45) is 1.91. The van der Waals surface area contributed by atoms with Crippen molar-refractivity contribution < 1.29 is 17.9 Å². The number of ether oxygens (including phenoxy) is 1. The zero-order valence-electron chi connectivity index (χ0n) is 13.6. The fraction of sp³-hybridized carbons (Fsp3) is 0.562. The van der Waals surface area contributed by atoms with E-state index in [-0.39, 0.29) is 16.8 Å². The summed E-state index contributed by atoms with van der Waals surface area (Å²) in [5, 5.41) is 2.90. The van der Waals surface area contributed by atoms with Gasteiger partial charge in [-0.3, -0.25) is 4.79 Å². The van der Waals surface area contributed by atoms with Crippen molar-refractivity contribution >= 4 is 15.9 Å². The van der Waals surface area contributed by atoms with Crippen molar-refractivity contribution in [2.45, 2.75) is 37.6 Å². The zero-order chi connectivity index (χ0) is 16.9. The first kappa shape index (κ1) is 17.9. The van der Waals surface area contributed by atoms with Gasteiger partial charge in [0.05, 0.1) is 18.1 Å². The van der Waals surface area contributed by atoms with E-state index in [2.05, 4.69) is 12.2 Å². The molecular formula is C16H24N2O4S. The highest BCUT2D eigenvalue weighted by Crippen LogP contribution is 2.17. The van der Waals surface area contributed by atoms with Gasteiger partial charge in [0, 0.05) is 24.7 Å². The Morgan fingerprint density at radius 1 is 1.26 bits per heavy atom. The average Bonchev–Trinajstić information content (AvgIpc) is 2.56. The number of carbonyl (C=O) groups is 1. The maximum Gasteiger partial charge on any atom is 0.251 e. The molecule has 6 nitrogen and oxygen atoms in total. The number of carbonyl (C=O) groups excluding carboxylic acids is 1. The van der Waals surface area contributed by atoms with Crippen molar-refractivity contribution in [1.29, 1.82) is 0 Å². The van der Waals surface area contributed by atoms with E-state index in [9.17, 15) is 13.2 Å². The Labute approximate surface area is 137 Å². The molecule has 1 saturated heterocycles. The van der Waals surface area contributed by atoms with Crippen molar-refractivity contribution in [3.8, 4) is 0 Å². The van der Waals surface area contributed by atoms with Gasteiger partial charge in [-0.25, -0.2) is 8.42 Å². The molecule has 23 heavy (non-hydrogen) atoms. The van der Waals surface area contributed by atoms with Gasteiger partial charge in [0.1, 0.15) is 0 Å². The number of morpholine rings is 1. The Morgan fingerprint density at radius 2 is 1.87 bits per heavy atom. The molecule has 0 unspecified atom stereocenters. The summed E-state index contributed by atoms with van der Waals surface area (Å²) in [5.41, 5.74) is 0.467. The fourth-order valence-corrected chi connectivity index (χ4v) is 3.93. The smallest absolute Gasteiger partial charge is 0.251 e. The van der Waals surface area contributed by atoms with Crippen LogP contribution in [0.4, 0.5) is 0 Å². The molecule has 2 rings (SSSR count). The number of nitrogens with zero attached hydrogens (tertiary/aromatic N) is 1. The SMILES string of the molecule is CCC[C@H](C)NC(=O)c1ccc(S(=O)(=O)N2CCOCC2)cc1. The summed E-state index contributed by atoms with van der Waals surface area (Å²) in [6, 6.07) is 6.20. The van der Waals surface area contributed by atoms with Crippen LogP contribution in [-0.4, -0.2) is 51.0 Å². The highest BCUT2D eigenvalue weighted by molar-refractivity contribution is 7.89. The lowest BCUT2D eigenvalue weighted by molar-refractivity contribution is 0.0730. The number of benzene rings is 1. The predicted octanol–water partition coefficient (Wildman–Crippen LogP) is 1.63. The van der Waals surface area contributed by atoms with Crippen molar-refractivity contribution in [3.63, 3.8) is 0 Å². The van der Waals surface area contributed by atoms with E-state index >= 15 is 0 Å². The van der Waals surface area contributed by atoms with Crippen molar-refractivity contribution in [2.24, 2.45) is 0 Å². The van der Waals surface area contributed by atoms with Crippen LogP contribution in [0.15, 0.2) is 29.2 Å². The van der Waals surface area contributed by atoms with Gasteiger partial charge in [-0.05, 0) is 37.6 Å². The molecule has 7 heteroatoms. The molecule has 0 bridgehead atoms. The summed E-state index contributed by atoms with van der Waals surface area (Å²) in [4.78, 5) is 12.3. The Hall–Kier alpha value is -1.44. The largest absolute Gasteiger partial charge is 0.379 e. The maximum atomic E-state index is 12.5. The van der Waals surface area contributed by atoms with Gasteiger partial charge in [-0.1, -0.05) is 13.3 Å². The van der Waals surface area contributed by atoms with E-state index < -0.39 is 10.0 Å². The second kappa shape index (κ2) is 7.90. The van der Waals surface area contributed by atoms with Crippen LogP contribution in [-0.2, 0) is 14.8 Å². The minimum atomic E-state index is -3.51. The Balaban J connectivity index is 2.08. The molecule has 1 aliphatic heterocycles. The number of amides is 1. The Bertz CT molecular complexity index is 622. The second-order valence-electron chi connectivity index (χ2n) is 5.70. The van der Waals surface area contributed by atoms with E-state index in [1.54, 1.807) is 12.1 Å². The lowest BCUT2D eigenvalue weighted by atomic mass is 10.1. The highest BCUT2D eigenvalue weighted by Gasteiger charge is 2.26. The number of hydrogen-bond acceptors (Lipinski definition) is 4. The molecule has 1 N–H and O–H groups in total. The number of rotatable bonds is 6. The summed E-state index contributed by atoms with van der Waals surface area (Å²) in [6.45, 7) is 5.56. The highest BCUT2D eigenvalue weighted by atomic mass is 32.2. The molecule has 0 saturated carbocycles. The molecule has 1 fully saturated rings. The topological polar surface area (TPSA) is 75.7 Å². The predicted molar refractivity (Wildman–Crippen MR) is 87.9 cm³/mol. The van der Waals surface area contributed by atoms with Crippen LogP contribution in [0.5, 0.6) is 0 Å². The molecule has 1 amide bonds. The van der Waals surface area contributed by atoms with Crippen molar-refractivity contribution in [1.82, 2.24) is 9.62 Å². The third kappa shape index (κ3) is 4.53. The normalized spacial score (nSPS) is 17.7. The summed E-state index contributed by atoms with van der Waals surface area (Å²) in [5.74, 6) is -0.179. The number of hydrogen-bond donors (Lipinski definition) is 1. The van der Waals surface area contributed by atoms with E-state index in [1.165, 1.54) is 16.4 Å². The van der Waals surface area contributed by atoms with Gasteiger partial charge >= 0.3 is 0 Å². The lowest BCUT2D eigenvalue weighted by Crippen LogP contribution is -2.40. The van der Waals surface area contributed by atoms with Gasteiger partial charge in [-0.2, -0.15) is 4.31 Å². The summed E-state index contributed by atoms with van der Waals surface area (Å²) < 4.78 is 31.6. The van der Waals surface area contributed by atoms with Crippen molar-refractivity contribution in [3.05, 3.63) is 29.8 Å². The monoisotopic (exact) mass is 340 g/mol. The van der Waals surface area contributed by atoms with Gasteiger partial charge in [0.2, 0.25) is 10.0 Å². The summed E-state index contributed by atoms with van der Waals surface area (Å²) in [7, 11) is -3.51. The van der Waals surface area contributed by atoms with E-state index in [0.717, 1.165) is 12.8 Å². The minimum absolute atomic E-state index is 0.101. The minimum Gasteiger partial charge on any atom is -0.379 e. The van der Waals surface area contributed by atoms with Gasteiger partial charge in [-0.15, -0.1) is 0 Å². The van der Waals surface area contributed by atoms with Gasteiger partial charge in [0.15, 0.2) is 0 Å². The van der Waals surface area contributed by atoms with Crippen LogP contribution in [0.3, 0.4) is 0 Å². The molecule has 1 aromatic rings. The van der Waals surface area contributed by atoms with Crippen LogP contribution < -0.4 is 5.32 Å². The molecule has 1 atom stereocenters. The number of sulfonamides is 1. The molecule has 1 heterocycles. The zero-order valence-corrected chi connectivity index (χ0v) is 14.4. The van der Waals surface area contributed by atoms with E-state index in [4.69, 9.17) is 4.74 Å². The van der Waals surface area contributed by atoms with E-state index in [0.29, 0.717) is 31.9 Å². The molecular weight excluding hydrogens is 316 g/mol. The fourth-order valence-electron chi connectivity index (χ4n) is 2.53. The van der Waals surface area contributed by atoms with Crippen LogP contribution in [0.2, 0.25) is 0 Å². The lowest BCUT2D eigenvalue weighted by Gasteiger charge is -2.26. The van der Waals surface area contributed by atoms with Crippen LogP contribution >= 0.6 is 0 Å². The molecule has 0 aromatic heterocycles. The summed E-state index contributed by atoms with van der Waals surface area (Å²) >= 11 is 0. The molecule has 128 valence electrons. The van der Waals surface area contributed by atoms with Crippen LogP contribution in [0.25, 0.3) is 0 Å². The maximum absolute atomic E-state index is 12.5. The molecule has 0 spiro atoms. The standard InChI is InChI=1S/C16H24N2O4S/c1-3-4-13(2)17-16(19)14-5-7-15(8-6-14)23(20,21)18-9-11-22-12-10-18/h5-8,13H,3-4,9-12H2,1-2H3,(H,17,19)/t13-/m0/s1. The van der Waals surface area contributed by atoms with E-state index in [1.807, 2.05) is 6.92 Å². The second-order valence-corrected chi connectivity index (χ2v) is 7.64. The van der Waals surface area contributed by atoms with Crippen LogP contribution in [0.1, 0.15) is 37.0 Å². The van der Waals surface area contributed by atoms with Crippen molar-refractivity contribution in [2.75, 3.05) is 26.3 Å². The van der Waals surface area contributed by atoms with Crippen LogP contribution in [0, 0.1) is 0 Å². The molecule has 0 aliphatic carbocycles.